The van der Waals surface area contributed by atoms with E-state index in [0.29, 0.717) is 11.5 Å². The molecule has 2 unspecified atom stereocenters. The fourth-order valence-corrected chi connectivity index (χ4v) is 3.77. The molecule has 0 spiro atoms. The molecule has 1 heteroatoms. The van der Waals surface area contributed by atoms with Gasteiger partial charge in [0.2, 0.25) is 0 Å². The largest absolute Gasteiger partial charge is 0.314 e. The van der Waals surface area contributed by atoms with Crippen molar-refractivity contribution in [3.05, 3.63) is 35.4 Å². The van der Waals surface area contributed by atoms with Crippen molar-refractivity contribution >= 4 is 0 Å². The van der Waals surface area contributed by atoms with Crippen LogP contribution in [0.5, 0.6) is 0 Å². The lowest BCUT2D eigenvalue weighted by Crippen LogP contribution is -2.35. The Morgan fingerprint density at radius 2 is 2.00 bits per heavy atom. The average Bonchev–Trinajstić information content (AvgIpc) is 2.43. The second-order valence-electron chi connectivity index (χ2n) is 7.94. The fraction of sp³-hybridized carbons (Fsp3) is 0.700. The molecule has 2 rings (SSSR count). The van der Waals surface area contributed by atoms with E-state index in [1.165, 1.54) is 38.5 Å². The minimum absolute atomic E-state index is 0.402. The van der Waals surface area contributed by atoms with Crippen LogP contribution in [0.2, 0.25) is 0 Å². The van der Waals surface area contributed by atoms with E-state index in [0.717, 1.165) is 12.5 Å². The maximum atomic E-state index is 3.80. The Morgan fingerprint density at radius 1 is 1.24 bits per heavy atom. The molecule has 1 aromatic carbocycles. The molecule has 1 aromatic rings. The normalized spacial score (nSPS) is 20.1. The highest BCUT2D eigenvalue weighted by Crippen LogP contribution is 2.36. The Hall–Kier alpha value is -0.820. The van der Waals surface area contributed by atoms with Crippen LogP contribution in [0.15, 0.2) is 24.3 Å². The van der Waals surface area contributed by atoms with Crippen molar-refractivity contribution in [2.24, 2.45) is 5.41 Å². The summed E-state index contributed by atoms with van der Waals surface area (Å²) >= 11 is 0. The highest BCUT2D eigenvalue weighted by molar-refractivity contribution is 5.32. The van der Waals surface area contributed by atoms with E-state index in [1.54, 1.807) is 11.1 Å². The molecule has 0 aromatic heterocycles. The predicted molar refractivity (Wildman–Crippen MR) is 92.9 cm³/mol. The van der Waals surface area contributed by atoms with Crippen LogP contribution in [-0.2, 0) is 6.42 Å². The van der Waals surface area contributed by atoms with Crippen LogP contribution in [0.25, 0.3) is 0 Å². The van der Waals surface area contributed by atoms with Crippen molar-refractivity contribution in [3.8, 4) is 0 Å². The van der Waals surface area contributed by atoms with E-state index in [2.05, 4.69) is 57.3 Å². The van der Waals surface area contributed by atoms with Crippen molar-refractivity contribution in [2.75, 3.05) is 6.54 Å². The Morgan fingerprint density at radius 3 is 2.71 bits per heavy atom. The third kappa shape index (κ3) is 5.14. The average molecular weight is 287 g/mol. The maximum Gasteiger partial charge on any atom is 0.00778 e. The lowest BCUT2D eigenvalue weighted by molar-refractivity contribution is 0.282. The van der Waals surface area contributed by atoms with E-state index in [1.807, 2.05) is 0 Å². The smallest absolute Gasteiger partial charge is 0.00778 e. The molecular formula is C20H33N. The first-order valence-corrected chi connectivity index (χ1v) is 8.81. The summed E-state index contributed by atoms with van der Waals surface area (Å²) in [5.41, 5.74) is 3.62. The minimum Gasteiger partial charge on any atom is -0.314 e. The van der Waals surface area contributed by atoms with Gasteiger partial charge in [-0.05, 0) is 67.5 Å². The molecule has 118 valence electrons. The summed E-state index contributed by atoms with van der Waals surface area (Å²) in [6, 6.07) is 9.77. The molecule has 0 fully saturated rings. The number of hydrogen-bond donors (Lipinski definition) is 1. The van der Waals surface area contributed by atoms with Gasteiger partial charge in [0, 0.05) is 6.04 Å². The van der Waals surface area contributed by atoms with Gasteiger partial charge in [0.05, 0.1) is 0 Å². The molecule has 1 aliphatic carbocycles. The van der Waals surface area contributed by atoms with Crippen LogP contribution in [0.1, 0.15) is 76.8 Å². The Bertz CT molecular complexity index is 430. The first kappa shape index (κ1) is 16.5. The molecule has 1 nitrogen and oxygen atoms in total. The highest BCUT2D eigenvalue weighted by atomic mass is 14.9. The van der Waals surface area contributed by atoms with Gasteiger partial charge in [-0.1, -0.05) is 52.0 Å². The molecule has 1 aliphatic rings. The number of rotatable bonds is 6. The van der Waals surface area contributed by atoms with Crippen molar-refractivity contribution in [2.45, 2.75) is 78.2 Å². The van der Waals surface area contributed by atoms with Gasteiger partial charge in [-0.15, -0.1) is 0 Å². The predicted octanol–water partition coefficient (Wildman–Crippen LogP) is 5.30. The molecular weight excluding hydrogens is 254 g/mol. The zero-order valence-electron chi connectivity index (χ0n) is 14.4. The van der Waals surface area contributed by atoms with E-state index < -0.39 is 0 Å². The van der Waals surface area contributed by atoms with Crippen LogP contribution in [0.4, 0.5) is 0 Å². The Labute approximate surface area is 131 Å². The van der Waals surface area contributed by atoms with Gasteiger partial charge >= 0.3 is 0 Å². The van der Waals surface area contributed by atoms with Gasteiger partial charge in [0.1, 0.15) is 0 Å². The molecule has 0 amide bonds. The van der Waals surface area contributed by atoms with Crippen LogP contribution in [0.3, 0.4) is 0 Å². The minimum atomic E-state index is 0.402. The third-order valence-corrected chi connectivity index (χ3v) is 4.60. The molecule has 0 bridgehead atoms. The molecule has 0 heterocycles. The zero-order chi connectivity index (χ0) is 15.3. The Kier molecular flexibility index (Phi) is 5.87. The molecule has 0 aliphatic heterocycles. The standard InChI is InChI=1S/C20H33N/c1-5-13-21-18(15-20(2,3)4)14-17-11-8-10-16-9-6-7-12-19(16)17/h6-7,9,12,17-18,21H,5,8,10-11,13-15H2,1-4H3. The van der Waals surface area contributed by atoms with Crippen LogP contribution >= 0.6 is 0 Å². The number of fused-ring (bicyclic) bond motifs is 1. The molecule has 21 heavy (non-hydrogen) atoms. The Balaban J connectivity index is 2.06. The van der Waals surface area contributed by atoms with Gasteiger partial charge in [-0.2, -0.15) is 0 Å². The molecule has 0 saturated heterocycles. The van der Waals surface area contributed by atoms with Crippen LogP contribution < -0.4 is 5.32 Å². The maximum absolute atomic E-state index is 3.80. The number of aryl methyl sites for hydroxylation is 1. The molecule has 2 atom stereocenters. The summed E-state index contributed by atoms with van der Waals surface area (Å²) in [6.07, 6.45) is 7.80. The summed E-state index contributed by atoms with van der Waals surface area (Å²) in [6.45, 7) is 10.5. The van der Waals surface area contributed by atoms with Crippen LogP contribution in [0, 0.1) is 5.41 Å². The lowest BCUT2D eigenvalue weighted by atomic mass is 9.77. The fourth-order valence-electron chi connectivity index (χ4n) is 3.77. The summed E-state index contributed by atoms with van der Waals surface area (Å²) in [7, 11) is 0. The summed E-state index contributed by atoms with van der Waals surface area (Å²) in [5, 5.41) is 3.80. The van der Waals surface area contributed by atoms with E-state index in [4.69, 9.17) is 0 Å². The van der Waals surface area contributed by atoms with Crippen molar-refractivity contribution in [1.29, 1.82) is 0 Å². The summed E-state index contributed by atoms with van der Waals surface area (Å²) in [4.78, 5) is 0. The number of benzene rings is 1. The monoisotopic (exact) mass is 287 g/mol. The van der Waals surface area contributed by atoms with Gasteiger partial charge in [0.15, 0.2) is 0 Å². The number of hydrogen-bond acceptors (Lipinski definition) is 1. The van der Waals surface area contributed by atoms with Gasteiger partial charge < -0.3 is 5.32 Å². The number of nitrogens with one attached hydrogen (secondary N) is 1. The second-order valence-corrected chi connectivity index (χ2v) is 7.94. The lowest BCUT2D eigenvalue weighted by Gasteiger charge is -2.32. The van der Waals surface area contributed by atoms with Gasteiger partial charge in [0.25, 0.3) is 0 Å². The first-order chi connectivity index (χ1) is 9.99. The van der Waals surface area contributed by atoms with E-state index in [-0.39, 0.29) is 0 Å². The van der Waals surface area contributed by atoms with Gasteiger partial charge in [-0.25, -0.2) is 0 Å². The van der Waals surface area contributed by atoms with Crippen LogP contribution in [-0.4, -0.2) is 12.6 Å². The SMILES string of the molecule is CCCNC(CC1CCCc2ccccc21)CC(C)(C)C. The zero-order valence-corrected chi connectivity index (χ0v) is 14.4. The topological polar surface area (TPSA) is 12.0 Å². The van der Waals surface area contributed by atoms with Crippen molar-refractivity contribution in [1.82, 2.24) is 5.32 Å². The van der Waals surface area contributed by atoms with E-state index in [9.17, 15) is 0 Å². The quantitative estimate of drug-likeness (QED) is 0.748. The molecule has 1 N–H and O–H groups in total. The van der Waals surface area contributed by atoms with E-state index >= 15 is 0 Å². The first-order valence-electron chi connectivity index (χ1n) is 8.81. The summed E-state index contributed by atoms with van der Waals surface area (Å²) < 4.78 is 0. The van der Waals surface area contributed by atoms with Crippen molar-refractivity contribution in [3.63, 3.8) is 0 Å². The molecule has 0 saturated carbocycles. The van der Waals surface area contributed by atoms with Crippen molar-refractivity contribution < 1.29 is 0 Å². The molecule has 0 radical (unpaired) electrons. The van der Waals surface area contributed by atoms with Gasteiger partial charge in [-0.3, -0.25) is 0 Å². The summed E-state index contributed by atoms with van der Waals surface area (Å²) in [5.74, 6) is 0.756. The highest BCUT2D eigenvalue weighted by Gasteiger charge is 2.25. The second kappa shape index (κ2) is 7.45. The third-order valence-electron chi connectivity index (χ3n) is 4.60.